The van der Waals surface area contributed by atoms with Crippen molar-refractivity contribution in [2.24, 2.45) is 5.92 Å². The molecule has 0 atom stereocenters. The zero-order valence-corrected chi connectivity index (χ0v) is 13.0. The van der Waals surface area contributed by atoms with Gasteiger partial charge in [-0.3, -0.25) is 14.4 Å². The SMILES string of the molecule is CCOCc1nc(C(F)(F)F)ccc1C(=O)C1C(=O)CCCC1=O. The Kier molecular flexibility index (Phi) is 5.48. The minimum absolute atomic E-state index is 0.108. The van der Waals surface area contributed by atoms with Crippen molar-refractivity contribution in [1.82, 2.24) is 4.98 Å². The van der Waals surface area contributed by atoms with Crippen molar-refractivity contribution in [2.75, 3.05) is 6.61 Å². The molecule has 0 radical (unpaired) electrons. The Bertz CT molecular complexity index is 654. The van der Waals surface area contributed by atoms with Crippen molar-refractivity contribution in [1.29, 1.82) is 0 Å². The van der Waals surface area contributed by atoms with Crippen LogP contribution in [0.1, 0.15) is 47.9 Å². The predicted molar refractivity (Wildman–Crippen MR) is 76.3 cm³/mol. The normalized spacial score (nSPS) is 16.5. The number of nitrogens with zero attached hydrogens (tertiary/aromatic N) is 1. The number of carbonyl (C=O) groups excluding carboxylic acids is 3. The van der Waals surface area contributed by atoms with E-state index in [2.05, 4.69) is 4.98 Å². The smallest absolute Gasteiger partial charge is 0.375 e. The van der Waals surface area contributed by atoms with Gasteiger partial charge in [0.25, 0.3) is 0 Å². The first-order valence-corrected chi connectivity index (χ1v) is 7.50. The summed E-state index contributed by atoms with van der Waals surface area (Å²) >= 11 is 0. The van der Waals surface area contributed by atoms with E-state index in [1.165, 1.54) is 0 Å². The minimum atomic E-state index is -4.67. The van der Waals surface area contributed by atoms with E-state index in [0.717, 1.165) is 6.07 Å². The molecule has 0 aliphatic heterocycles. The lowest BCUT2D eigenvalue weighted by Crippen LogP contribution is -2.36. The molecule has 1 aromatic rings. The molecule has 0 aromatic carbocycles. The Morgan fingerprint density at radius 1 is 1.25 bits per heavy atom. The lowest BCUT2D eigenvalue weighted by atomic mass is 9.81. The van der Waals surface area contributed by atoms with Crippen molar-refractivity contribution in [3.8, 4) is 0 Å². The van der Waals surface area contributed by atoms with Gasteiger partial charge in [-0.15, -0.1) is 0 Å². The van der Waals surface area contributed by atoms with Crippen molar-refractivity contribution in [2.45, 2.75) is 39.0 Å². The third-order valence-electron chi connectivity index (χ3n) is 3.73. The Balaban J connectivity index is 2.42. The van der Waals surface area contributed by atoms with E-state index in [4.69, 9.17) is 4.74 Å². The average molecular weight is 343 g/mol. The summed E-state index contributed by atoms with van der Waals surface area (Å²) in [5.74, 6) is -3.25. The van der Waals surface area contributed by atoms with Gasteiger partial charge in [0.05, 0.1) is 12.3 Å². The molecule has 8 heteroatoms. The number of halogens is 3. The van der Waals surface area contributed by atoms with Gasteiger partial charge in [-0.25, -0.2) is 4.98 Å². The lowest BCUT2D eigenvalue weighted by molar-refractivity contribution is -0.141. The Morgan fingerprint density at radius 3 is 2.42 bits per heavy atom. The van der Waals surface area contributed by atoms with Crippen molar-refractivity contribution in [3.63, 3.8) is 0 Å². The number of pyridine rings is 1. The molecular weight excluding hydrogens is 327 g/mol. The average Bonchev–Trinajstić information content (AvgIpc) is 2.51. The third-order valence-corrected chi connectivity index (χ3v) is 3.73. The molecule has 1 heterocycles. The number of ketones is 3. The first-order valence-electron chi connectivity index (χ1n) is 7.50. The summed E-state index contributed by atoms with van der Waals surface area (Å²) in [7, 11) is 0. The summed E-state index contributed by atoms with van der Waals surface area (Å²) in [5, 5.41) is 0. The van der Waals surface area contributed by atoms with Crippen LogP contribution in [0.25, 0.3) is 0 Å². The van der Waals surface area contributed by atoms with E-state index in [9.17, 15) is 27.6 Å². The largest absolute Gasteiger partial charge is 0.433 e. The molecule has 0 spiro atoms. The fourth-order valence-electron chi connectivity index (χ4n) is 2.55. The van der Waals surface area contributed by atoms with Gasteiger partial charge in [0.2, 0.25) is 0 Å². The molecule has 2 rings (SSSR count). The molecule has 5 nitrogen and oxygen atoms in total. The Labute approximate surface area is 136 Å². The first-order chi connectivity index (χ1) is 11.3. The van der Waals surface area contributed by atoms with Crippen LogP contribution in [0.3, 0.4) is 0 Å². The summed E-state index contributed by atoms with van der Waals surface area (Å²) in [4.78, 5) is 39.8. The number of hydrogen-bond acceptors (Lipinski definition) is 5. The van der Waals surface area contributed by atoms with Crippen LogP contribution in [0.2, 0.25) is 0 Å². The number of alkyl halides is 3. The maximum Gasteiger partial charge on any atom is 0.433 e. The predicted octanol–water partition coefficient (Wildman–Crippen LogP) is 2.76. The number of rotatable bonds is 5. The van der Waals surface area contributed by atoms with Gasteiger partial charge in [-0.05, 0) is 25.5 Å². The molecule has 0 bridgehead atoms. The van der Waals surface area contributed by atoms with Crippen LogP contribution in [-0.4, -0.2) is 28.9 Å². The second kappa shape index (κ2) is 7.21. The van der Waals surface area contributed by atoms with Gasteiger partial charge in [-0.2, -0.15) is 13.2 Å². The van der Waals surface area contributed by atoms with E-state index < -0.39 is 35.1 Å². The molecule has 24 heavy (non-hydrogen) atoms. The van der Waals surface area contributed by atoms with Crippen molar-refractivity contribution in [3.05, 3.63) is 29.1 Å². The van der Waals surface area contributed by atoms with Gasteiger partial charge in [0.1, 0.15) is 11.6 Å². The fraction of sp³-hybridized carbons (Fsp3) is 0.500. The Morgan fingerprint density at radius 2 is 1.88 bits per heavy atom. The number of Topliss-reactive ketones (excluding diaryl/α,β-unsaturated/α-hetero) is 3. The highest BCUT2D eigenvalue weighted by Crippen LogP contribution is 2.30. The van der Waals surface area contributed by atoms with Gasteiger partial charge in [0.15, 0.2) is 17.3 Å². The van der Waals surface area contributed by atoms with Gasteiger partial charge in [-0.1, -0.05) is 0 Å². The van der Waals surface area contributed by atoms with Crippen LogP contribution in [0.5, 0.6) is 0 Å². The highest BCUT2D eigenvalue weighted by Gasteiger charge is 2.39. The molecule has 130 valence electrons. The lowest BCUT2D eigenvalue weighted by Gasteiger charge is -2.19. The summed E-state index contributed by atoms with van der Waals surface area (Å²) in [6.45, 7) is 1.55. The number of ether oxygens (including phenoxy) is 1. The molecule has 0 unspecified atom stereocenters. The maximum atomic E-state index is 12.8. The number of carbonyl (C=O) groups is 3. The third kappa shape index (κ3) is 3.87. The minimum Gasteiger partial charge on any atom is -0.375 e. The molecule has 1 aromatic heterocycles. The second-order valence-electron chi connectivity index (χ2n) is 5.41. The van der Waals surface area contributed by atoms with E-state index in [0.29, 0.717) is 12.5 Å². The molecule has 0 saturated heterocycles. The monoisotopic (exact) mass is 343 g/mol. The van der Waals surface area contributed by atoms with Crippen LogP contribution in [-0.2, 0) is 27.1 Å². The standard InChI is InChI=1S/C16H16F3NO4/c1-2-24-8-10-9(6-7-13(20-10)16(17,18)19)15(23)14-11(21)4-3-5-12(14)22/h6-7,14H,2-5,8H2,1H3. The zero-order chi connectivity index (χ0) is 17.9. The van der Waals surface area contributed by atoms with Gasteiger partial charge in [0, 0.05) is 25.0 Å². The molecule has 1 aliphatic rings. The quantitative estimate of drug-likeness (QED) is 0.607. The summed E-state index contributed by atoms with van der Waals surface area (Å²) in [5.41, 5.74) is -1.55. The van der Waals surface area contributed by atoms with Crippen LogP contribution in [0, 0.1) is 5.92 Å². The molecule has 0 amide bonds. The summed E-state index contributed by atoms with van der Waals surface area (Å²) in [6.07, 6.45) is -4.06. The molecular formula is C16H16F3NO4. The Hall–Kier alpha value is -2.09. The summed E-state index contributed by atoms with van der Waals surface area (Å²) in [6, 6.07) is 1.63. The van der Waals surface area contributed by atoms with Crippen LogP contribution in [0.15, 0.2) is 12.1 Å². The van der Waals surface area contributed by atoms with E-state index in [1.54, 1.807) is 6.92 Å². The van der Waals surface area contributed by atoms with E-state index >= 15 is 0 Å². The first kappa shape index (κ1) is 18.3. The fourth-order valence-corrected chi connectivity index (χ4v) is 2.55. The highest BCUT2D eigenvalue weighted by atomic mass is 19.4. The van der Waals surface area contributed by atoms with Crippen LogP contribution < -0.4 is 0 Å². The topological polar surface area (TPSA) is 73.3 Å². The second-order valence-corrected chi connectivity index (χ2v) is 5.41. The molecule has 1 saturated carbocycles. The van der Waals surface area contributed by atoms with Gasteiger partial charge < -0.3 is 4.74 Å². The molecule has 1 aliphatic carbocycles. The molecule has 0 N–H and O–H groups in total. The summed E-state index contributed by atoms with van der Waals surface area (Å²) < 4.78 is 43.5. The van der Waals surface area contributed by atoms with Crippen LogP contribution >= 0.6 is 0 Å². The zero-order valence-electron chi connectivity index (χ0n) is 13.0. The number of aromatic nitrogens is 1. The van der Waals surface area contributed by atoms with E-state index in [1.807, 2.05) is 0 Å². The maximum absolute atomic E-state index is 12.8. The van der Waals surface area contributed by atoms with Crippen molar-refractivity contribution >= 4 is 17.3 Å². The van der Waals surface area contributed by atoms with E-state index in [-0.39, 0.29) is 37.3 Å². The van der Waals surface area contributed by atoms with Gasteiger partial charge >= 0.3 is 6.18 Å². The van der Waals surface area contributed by atoms with Crippen LogP contribution in [0.4, 0.5) is 13.2 Å². The molecule has 1 fully saturated rings. The number of hydrogen-bond donors (Lipinski definition) is 0. The van der Waals surface area contributed by atoms with Crippen molar-refractivity contribution < 1.29 is 32.3 Å². The highest BCUT2D eigenvalue weighted by molar-refractivity contribution is 6.25.